The minimum absolute atomic E-state index is 0.00133. The van der Waals surface area contributed by atoms with Crippen LogP contribution >= 0.6 is 0 Å². The molecule has 1 saturated heterocycles. The number of ether oxygens (including phenoxy) is 1. The third kappa shape index (κ3) is 5.57. The van der Waals surface area contributed by atoms with Gasteiger partial charge in [-0.15, -0.1) is 0 Å². The van der Waals surface area contributed by atoms with Gasteiger partial charge in [-0.2, -0.15) is 0 Å². The fraction of sp³-hybridized carbons (Fsp3) is 0.560. The number of nitrogens with one attached hydrogen (secondary N) is 1. The Kier molecular flexibility index (Phi) is 6.94. The van der Waals surface area contributed by atoms with Gasteiger partial charge in [0.05, 0.1) is 6.10 Å². The lowest BCUT2D eigenvalue weighted by Gasteiger charge is -2.24. The first-order valence-corrected chi connectivity index (χ1v) is 11.6. The molecule has 1 aromatic heterocycles. The molecule has 2 amide bonds. The highest BCUT2D eigenvalue weighted by atomic mass is 16.5. The van der Waals surface area contributed by atoms with Crippen LogP contribution in [0.4, 0.5) is 0 Å². The van der Waals surface area contributed by atoms with Crippen molar-refractivity contribution in [3.63, 3.8) is 0 Å². The molecule has 2 aromatic rings. The quantitative estimate of drug-likeness (QED) is 0.642. The number of carbonyl (C=O) groups is 2. The van der Waals surface area contributed by atoms with E-state index < -0.39 is 0 Å². The Labute approximate surface area is 189 Å². The molecule has 2 heterocycles. The van der Waals surface area contributed by atoms with Gasteiger partial charge in [0.1, 0.15) is 0 Å². The van der Waals surface area contributed by atoms with E-state index in [0.29, 0.717) is 31.4 Å². The van der Waals surface area contributed by atoms with Crippen LogP contribution in [0.5, 0.6) is 0 Å². The highest BCUT2D eigenvalue weighted by Gasteiger charge is 2.27. The molecule has 0 spiro atoms. The van der Waals surface area contributed by atoms with Gasteiger partial charge in [-0.05, 0) is 63.5 Å². The van der Waals surface area contributed by atoms with Gasteiger partial charge in [0.25, 0.3) is 5.91 Å². The van der Waals surface area contributed by atoms with E-state index in [1.54, 1.807) is 11.0 Å². The fourth-order valence-electron chi connectivity index (χ4n) is 4.44. The summed E-state index contributed by atoms with van der Waals surface area (Å²) in [6.45, 7) is 8.37. The van der Waals surface area contributed by atoms with Crippen LogP contribution in [-0.2, 0) is 9.53 Å². The Morgan fingerprint density at radius 3 is 2.53 bits per heavy atom. The van der Waals surface area contributed by atoms with Crippen molar-refractivity contribution in [2.45, 2.75) is 59.0 Å². The maximum absolute atomic E-state index is 13.3. The number of hydrogen-bond donors (Lipinski definition) is 1. The topological polar surface area (TPSA) is 84.7 Å². The zero-order valence-corrected chi connectivity index (χ0v) is 19.3. The van der Waals surface area contributed by atoms with Crippen LogP contribution in [-0.4, -0.2) is 54.2 Å². The van der Waals surface area contributed by atoms with Gasteiger partial charge in [0.2, 0.25) is 5.91 Å². The number of nitrogens with zero attached hydrogens (tertiary/aromatic N) is 2. The van der Waals surface area contributed by atoms with E-state index in [-0.39, 0.29) is 30.0 Å². The van der Waals surface area contributed by atoms with Crippen molar-refractivity contribution < 1.29 is 18.8 Å². The van der Waals surface area contributed by atoms with Crippen molar-refractivity contribution in [3.8, 4) is 11.3 Å². The number of hydrogen-bond acceptors (Lipinski definition) is 5. The predicted molar refractivity (Wildman–Crippen MR) is 121 cm³/mol. The van der Waals surface area contributed by atoms with Crippen LogP contribution < -0.4 is 5.32 Å². The van der Waals surface area contributed by atoms with Crippen LogP contribution in [0.25, 0.3) is 11.3 Å². The van der Waals surface area contributed by atoms with E-state index in [2.05, 4.69) is 29.5 Å². The van der Waals surface area contributed by atoms with Crippen LogP contribution in [0.2, 0.25) is 0 Å². The first-order chi connectivity index (χ1) is 15.4. The lowest BCUT2D eigenvalue weighted by Crippen LogP contribution is -2.40. The maximum atomic E-state index is 13.3. The highest BCUT2D eigenvalue weighted by Crippen LogP contribution is 2.29. The molecule has 172 valence electrons. The summed E-state index contributed by atoms with van der Waals surface area (Å²) in [4.78, 5) is 27.2. The van der Waals surface area contributed by atoms with Gasteiger partial charge in [0.15, 0.2) is 11.5 Å². The molecule has 1 unspecified atom stereocenters. The summed E-state index contributed by atoms with van der Waals surface area (Å²) in [5.41, 5.74) is 4.58. The lowest BCUT2D eigenvalue weighted by molar-refractivity contribution is -0.121. The Morgan fingerprint density at radius 2 is 1.88 bits per heavy atom. The molecule has 2 aliphatic rings. The van der Waals surface area contributed by atoms with Crippen molar-refractivity contribution in [1.82, 2.24) is 15.4 Å². The van der Waals surface area contributed by atoms with E-state index in [0.717, 1.165) is 36.1 Å². The molecule has 1 N–H and O–H groups in total. The van der Waals surface area contributed by atoms with Crippen LogP contribution in [0.1, 0.15) is 59.3 Å². The largest absolute Gasteiger partial charge is 0.376 e. The van der Waals surface area contributed by atoms with Crippen molar-refractivity contribution >= 4 is 11.8 Å². The van der Waals surface area contributed by atoms with E-state index in [1.165, 1.54) is 18.4 Å². The molecule has 1 saturated carbocycles. The van der Waals surface area contributed by atoms with Crippen molar-refractivity contribution in [3.05, 3.63) is 40.6 Å². The number of aromatic nitrogens is 1. The lowest BCUT2D eigenvalue weighted by atomic mass is 9.98. The molecule has 1 aromatic carbocycles. The zero-order chi connectivity index (χ0) is 22.7. The van der Waals surface area contributed by atoms with Gasteiger partial charge in [-0.3, -0.25) is 9.59 Å². The smallest absolute Gasteiger partial charge is 0.276 e. The van der Waals surface area contributed by atoms with Crippen LogP contribution in [0.3, 0.4) is 0 Å². The van der Waals surface area contributed by atoms with E-state index >= 15 is 0 Å². The summed E-state index contributed by atoms with van der Waals surface area (Å²) >= 11 is 0. The van der Waals surface area contributed by atoms with Crippen molar-refractivity contribution in [1.29, 1.82) is 0 Å². The third-order valence-electron chi connectivity index (χ3n) is 6.28. The van der Waals surface area contributed by atoms with Gasteiger partial charge in [-0.25, -0.2) is 0 Å². The average Bonchev–Trinajstić information content (AvgIpc) is 3.20. The normalized spacial score (nSPS) is 18.0. The third-order valence-corrected chi connectivity index (χ3v) is 6.28. The summed E-state index contributed by atoms with van der Waals surface area (Å²) in [5.74, 6) is 0.968. The SMILES string of the molecule is Cc1cc(C)c(-c2cc(C(=O)N(CCC(=O)NCC3CC3)CC3CCCO3)no2)c(C)c1. The number of benzene rings is 1. The molecule has 2 fully saturated rings. The van der Waals surface area contributed by atoms with Gasteiger partial charge >= 0.3 is 0 Å². The Morgan fingerprint density at radius 1 is 1.12 bits per heavy atom. The maximum Gasteiger partial charge on any atom is 0.276 e. The van der Waals surface area contributed by atoms with Crippen molar-refractivity contribution in [2.75, 3.05) is 26.2 Å². The summed E-state index contributed by atoms with van der Waals surface area (Å²) in [7, 11) is 0. The zero-order valence-electron chi connectivity index (χ0n) is 19.3. The highest BCUT2D eigenvalue weighted by molar-refractivity contribution is 5.93. The van der Waals surface area contributed by atoms with E-state index in [9.17, 15) is 9.59 Å². The molecule has 32 heavy (non-hydrogen) atoms. The fourth-order valence-corrected chi connectivity index (χ4v) is 4.44. The molecule has 1 atom stereocenters. The first kappa shape index (κ1) is 22.5. The molecule has 1 aliphatic heterocycles. The molecule has 7 heteroatoms. The van der Waals surface area contributed by atoms with E-state index in [4.69, 9.17) is 9.26 Å². The van der Waals surface area contributed by atoms with Gasteiger partial charge in [-0.1, -0.05) is 22.9 Å². The summed E-state index contributed by atoms with van der Waals surface area (Å²) in [6, 6.07) is 5.90. The summed E-state index contributed by atoms with van der Waals surface area (Å²) in [6.07, 6.45) is 4.57. The molecule has 0 radical (unpaired) electrons. The Balaban J connectivity index is 1.46. The summed E-state index contributed by atoms with van der Waals surface area (Å²) < 4.78 is 11.3. The van der Waals surface area contributed by atoms with Gasteiger partial charge < -0.3 is 19.5 Å². The number of rotatable bonds is 9. The number of carbonyl (C=O) groups excluding carboxylic acids is 2. The Hall–Kier alpha value is -2.67. The molecule has 7 nitrogen and oxygen atoms in total. The molecule has 1 aliphatic carbocycles. The predicted octanol–water partition coefficient (Wildman–Crippen LogP) is 3.80. The monoisotopic (exact) mass is 439 g/mol. The molecular formula is C25H33N3O4. The molecular weight excluding hydrogens is 406 g/mol. The van der Waals surface area contributed by atoms with Crippen LogP contribution in [0, 0.1) is 26.7 Å². The molecule has 4 rings (SSSR count). The second kappa shape index (κ2) is 9.86. The summed E-state index contributed by atoms with van der Waals surface area (Å²) in [5, 5.41) is 7.05. The van der Waals surface area contributed by atoms with Crippen LogP contribution in [0.15, 0.2) is 22.7 Å². The average molecular weight is 440 g/mol. The van der Waals surface area contributed by atoms with Crippen molar-refractivity contribution in [2.24, 2.45) is 5.92 Å². The number of amides is 2. The second-order valence-corrected chi connectivity index (χ2v) is 9.23. The standard InChI is InChI=1S/C25H33N3O4/c1-16-11-17(2)24(18(3)12-16)22-13-21(27-32-22)25(30)28(15-20-5-4-10-31-20)9-8-23(29)26-14-19-6-7-19/h11-13,19-20H,4-10,14-15H2,1-3H3,(H,26,29). The molecule has 0 bridgehead atoms. The minimum Gasteiger partial charge on any atom is -0.376 e. The second-order valence-electron chi connectivity index (χ2n) is 9.23. The minimum atomic E-state index is -0.229. The Bertz CT molecular complexity index is 950. The first-order valence-electron chi connectivity index (χ1n) is 11.6. The number of aryl methyl sites for hydroxylation is 3. The van der Waals surface area contributed by atoms with Gasteiger partial charge in [0, 0.05) is 44.3 Å². The van der Waals surface area contributed by atoms with E-state index in [1.807, 2.05) is 13.8 Å².